The lowest BCUT2D eigenvalue weighted by Crippen LogP contribution is -2.32. The van der Waals surface area contributed by atoms with Crippen LogP contribution in [0.2, 0.25) is 0 Å². The highest BCUT2D eigenvalue weighted by atomic mass is 15.2. The van der Waals surface area contributed by atoms with E-state index in [-0.39, 0.29) is 0 Å². The van der Waals surface area contributed by atoms with E-state index in [2.05, 4.69) is 143 Å². The lowest BCUT2D eigenvalue weighted by atomic mass is 10.00. The zero-order valence-corrected chi connectivity index (χ0v) is 17.6. The number of allylic oxidation sites excluding steroid dienone is 2. The van der Waals surface area contributed by atoms with Crippen molar-refractivity contribution in [1.29, 1.82) is 0 Å². The van der Waals surface area contributed by atoms with Crippen LogP contribution in [0.5, 0.6) is 0 Å². The molecule has 4 aromatic rings. The third-order valence-corrected chi connectivity index (χ3v) is 5.97. The first kappa shape index (κ1) is 18.5. The summed E-state index contributed by atoms with van der Waals surface area (Å²) in [4.78, 5) is 4.69. The van der Waals surface area contributed by atoms with Gasteiger partial charge in [0.2, 0.25) is 0 Å². The fourth-order valence-electron chi connectivity index (χ4n) is 4.52. The second-order valence-corrected chi connectivity index (χ2v) is 7.91. The van der Waals surface area contributed by atoms with Gasteiger partial charge >= 0.3 is 0 Å². The van der Waals surface area contributed by atoms with Crippen LogP contribution in [0, 0.1) is 0 Å². The SMILES string of the molecule is C1=CN(c2ccccc2)c2c3c(ccc2=C1)=CC=C(c1ccccc1)N3c1ccccc1. The zero-order chi connectivity index (χ0) is 21.3. The summed E-state index contributed by atoms with van der Waals surface area (Å²) in [5, 5.41) is 2.41. The third kappa shape index (κ3) is 3.05. The Labute approximate surface area is 188 Å². The molecule has 2 nitrogen and oxygen atoms in total. The fraction of sp³-hybridized carbons (Fsp3) is 0. The van der Waals surface area contributed by atoms with Gasteiger partial charge in [-0.3, -0.25) is 0 Å². The Bertz CT molecular complexity index is 1450. The molecule has 4 aromatic carbocycles. The predicted molar refractivity (Wildman–Crippen MR) is 135 cm³/mol. The molecule has 32 heavy (non-hydrogen) atoms. The number of hydrogen-bond acceptors (Lipinski definition) is 2. The van der Waals surface area contributed by atoms with Crippen LogP contribution in [-0.4, -0.2) is 0 Å². The van der Waals surface area contributed by atoms with Gasteiger partial charge in [-0.1, -0.05) is 91.0 Å². The first-order valence-electron chi connectivity index (χ1n) is 10.9. The number of para-hydroxylation sites is 2. The topological polar surface area (TPSA) is 6.48 Å². The summed E-state index contributed by atoms with van der Waals surface area (Å²) < 4.78 is 0. The molecule has 0 radical (unpaired) electrons. The van der Waals surface area contributed by atoms with Crippen molar-refractivity contribution >= 4 is 40.6 Å². The van der Waals surface area contributed by atoms with E-state index >= 15 is 0 Å². The summed E-state index contributed by atoms with van der Waals surface area (Å²) in [6, 6.07) is 36.3. The van der Waals surface area contributed by atoms with Crippen molar-refractivity contribution in [2.24, 2.45) is 0 Å². The summed E-state index contributed by atoms with van der Waals surface area (Å²) >= 11 is 0. The normalized spacial score (nSPS) is 14.1. The highest BCUT2D eigenvalue weighted by Crippen LogP contribution is 2.40. The molecule has 0 amide bonds. The number of nitrogens with zero attached hydrogens (tertiary/aromatic N) is 2. The van der Waals surface area contributed by atoms with Gasteiger partial charge in [0.05, 0.1) is 17.1 Å². The summed E-state index contributed by atoms with van der Waals surface area (Å²) in [5.74, 6) is 0. The Hall–Kier alpha value is -4.30. The van der Waals surface area contributed by atoms with E-state index in [1.54, 1.807) is 0 Å². The predicted octanol–water partition coefficient (Wildman–Crippen LogP) is 6.11. The Kier molecular flexibility index (Phi) is 4.47. The van der Waals surface area contributed by atoms with Crippen molar-refractivity contribution in [1.82, 2.24) is 0 Å². The number of fused-ring (bicyclic) bond motifs is 3. The standard InChI is InChI=1S/C30H22N2/c1-4-11-23(12-5-1)28-21-20-25-19-18-24-13-10-22-31(26-14-6-2-7-15-26)29(24)30(25)32(28)27-16-8-3-9-17-27/h1-22H. The smallest absolute Gasteiger partial charge is 0.0781 e. The lowest BCUT2D eigenvalue weighted by molar-refractivity contribution is 1.19. The second kappa shape index (κ2) is 7.75. The molecule has 0 unspecified atom stereocenters. The quantitative estimate of drug-likeness (QED) is 0.402. The van der Waals surface area contributed by atoms with Crippen molar-refractivity contribution in [2.75, 3.05) is 9.80 Å². The third-order valence-electron chi connectivity index (χ3n) is 5.97. The molecule has 0 spiro atoms. The number of rotatable bonds is 3. The number of anilines is 4. The van der Waals surface area contributed by atoms with Gasteiger partial charge < -0.3 is 9.80 Å². The maximum atomic E-state index is 2.40. The molecule has 0 atom stereocenters. The van der Waals surface area contributed by atoms with E-state index < -0.39 is 0 Å². The highest BCUT2D eigenvalue weighted by Gasteiger charge is 2.26. The summed E-state index contributed by atoms with van der Waals surface area (Å²) in [7, 11) is 0. The van der Waals surface area contributed by atoms with Crippen LogP contribution in [0.3, 0.4) is 0 Å². The monoisotopic (exact) mass is 410 g/mol. The van der Waals surface area contributed by atoms with Crippen molar-refractivity contribution in [3.8, 4) is 0 Å². The van der Waals surface area contributed by atoms with Gasteiger partial charge in [-0.2, -0.15) is 0 Å². The van der Waals surface area contributed by atoms with Crippen molar-refractivity contribution in [2.45, 2.75) is 0 Å². The summed E-state index contributed by atoms with van der Waals surface area (Å²) in [6.45, 7) is 0. The van der Waals surface area contributed by atoms with Crippen LogP contribution >= 0.6 is 0 Å². The average Bonchev–Trinajstić information content (AvgIpc) is 2.89. The molecular formula is C30H22N2. The second-order valence-electron chi connectivity index (χ2n) is 7.91. The van der Waals surface area contributed by atoms with Gasteiger partial charge in [0.15, 0.2) is 0 Å². The Balaban J connectivity index is 1.65. The van der Waals surface area contributed by atoms with Gasteiger partial charge in [0, 0.05) is 28.0 Å². The molecule has 0 N–H and O–H groups in total. The lowest BCUT2D eigenvalue weighted by Gasteiger charge is -2.35. The maximum absolute atomic E-state index is 2.40. The van der Waals surface area contributed by atoms with Crippen LogP contribution in [0.4, 0.5) is 22.7 Å². The van der Waals surface area contributed by atoms with Crippen LogP contribution in [-0.2, 0) is 0 Å². The molecule has 2 heteroatoms. The van der Waals surface area contributed by atoms with Crippen molar-refractivity contribution < 1.29 is 0 Å². The molecule has 2 heterocycles. The maximum Gasteiger partial charge on any atom is 0.0781 e. The average molecular weight is 411 g/mol. The van der Waals surface area contributed by atoms with E-state index in [4.69, 9.17) is 0 Å². The van der Waals surface area contributed by atoms with E-state index in [9.17, 15) is 0 Å². The van der Waals surface area contributed by atoms with Crippen molar-refractivity contribution in [3.63, 3.8) is 0 Å². The molecule has 6 rings (SSSR count). The van der Waals surface area contributed by atoms with Gasteiger partial charge in [-0.05, 0) is 42.0 Å². The minimum atomic E-state index is 1.15. The molecular weight excluding hydrogens is 388 g/mol. The molecule has 0 saturated heterocycles. The molecule has 0 aromatic heterocycles. The van der Waals surface area contributed by atoms with Crippen LogP contribution in [0.25, 0.3) is 17.8 Å². The van der Waals surface area contributed by atoms with Gasteiger partial charge in [-0.25, -0.2) is 0 Å². The van der Waals surface area contributed by atoms with E-state index in [1.165, 1.54) is 33.1 Å². The molecule has 0 bridgehead atoms. The molecule has 2 aliphatic heterocycles. The Morgan fingerprint density at radius 3 is 1.75 bits per heavy atom. The van der Waals surface area contributed by atoms with Gasteiger partial charge in [0.25, 0.3) is 0 Å². The number of benzene rings is 4. The first-order chi connectivity index (χ1) is 15.9. The summed E-state index contributed by atoms with van der Waals surface area (Å²) in [6.07, 6.45) is 10.9. The minimum Gasteiger partial charge on any atom is -0.315 e. The van der Waals surface area contributed by atoms with Crippen LogP contribution in [0.1, 0.15) is 5.56 Å². The molecule has 152 valence electrons. The van der Waals surface area contributed by atoms with Crippen LogP contribution < -0.4 is 20.2 Å². The van der Waals surface area contributed by atoms with Crippen molar-refractivity contribution in [3.05, 3.63) is 137 Å². The first-order valence-corrected chi connectivity index (χ1v) is 10.9. The summed E-state index contributed by atoms with van der Waals surface area (Å²) in [5.41, 5.74) is 7.04. The van der Waals surface area contributed by atoms with Gasteiger partial charge in [-0.15, -0.1) is 0 Å². The van der Waals surface area contributed by atoms with E-state index in [0.717, 1.165) is 11.4 Å². The molecule has 0 saturated carbocycles. The minimum absolute atomic E-state index is 1.15. The molecule has 0 fully saturated rings. The Morgan fingerprint density at radius 2 is 1.06 bits per heavy atom. The largest absolute Gasteiger partial charge is 0.315 e. The van der Waals surface area contributed by atoms with E-state index in [1.807, 2.05) is 0 Å². The van der Waals surface area contributed by atoms with E-state index in [0.29, 0.717) is 0 Å². The molecule has 2 aliphatic rings. The highest BCUT2D eigenvalue weighted by molar-refractivity contribution is 5.99. The van der Waals surface area contributed by atoms with Crippen LogP contribution in [0.15, 0.2) is 121 Å². The number of hydrogen-bond donors (Lipinski definition) is 0. The fourth-order valence-corrected chi connectivity index (χ4v) is 4.52. The Morgan fingerprint density at radius 1 is 0.469 bits per heavy atom. The molecule has 0 aliphatic carbocycles. The zero-order valence-electron chi connectivity index (χ0n) is 17.6. The van der Waals surface area contributed by atoms with Gasteiger partial charge in [0.1, 0.15) is 0 Å².